The third-order valence-electron chi connectivity index (χ3n) is 2.94. The van der Waals surface area contributed by atoms with Gasteiger partial charge in [0.1, 0.15) is 12.2 Å². The summed E-state index contributed by atoms with van der Waals surface area (Å²) in [6.45, 7) is 1.71. The van der Waals surface area contributed by atoms with Crippen LogP contribution in [0.25, 0.3) is 5.69 Å². The van der Waals surface area contributed by atoms with Crippen molar-refractivity contribution in [3.63, 3.8) is 0 Å². The largest absolute Gasteiger partial charge is 0.450 e. The molecule has 23 heavy (non-hydrogen) atoms. The third kappa shape index (κ3) is 4.29. The van der Waals surface area contributed by atoms with Crippen LogP contribution in [0.1, 0.15) is 6.92 Å². The van der Waals surface area contributed by atoms with Crippen molar-refractivity contribution < 1.29 is 18.7 Å². The molecule has 1 aromatic carbocycles. The SMILES string of the molecule is CCOC(=O)N(C)CC(=O)Nc1ccc(-n2cccn2)c(F)c1. The van der Waals surface area contributed by atoms with Gasteiger partial charge in [-0.2, -0.15) is 5.10 Å². The van der Waals surface area contributed by atoms with Gasteiger partial charge >= 0.3 is 6.09 Å². The van der Waals surface area contributed by atoms with Crippen molar-refractivity contribution in [2.45, 2.75) is 6.92 Å². The van der Waals surface area contributed by atoms with E-state index < -0.39 is 17.8 Å². The molecule has 2 amide bonds. The first-order valence-electron chi connectivity index (χ1n) is 6.98. The fraction of sp³-hybridized carbons (Fsp3) is 0.267. The fourth-order valence-electron chi connectivity index (χ4n) is 1.90. The number of nitrogens with zero attached hydrogens (tertiary/aromatic N) is 3. The Morgan fingerprint density at radius 3 is 2.83 bits per heavy atom. The molecule has 0 aliphatic rings. The first-order chi connectivity index (χ1) is 11.0. The molecule has 0 atom stereocenters. The van der Waals surface area contributed by atoms with Crippen LogP contribution in [0.3, 0.4) is 0 Å². The number of carbonyl (C=O) groups excluding carboxylic acids is 2. The summed E-state index contributed by atoms with van der Waals surface area (Å²) >= 11 is 0. The summed E-state index contributed by atoms with van der Waals surface area (Å²) < 4.78 is 20.2. The highest BCUT2D eigenvalue weighted by Crippen LogP contribution is 2.17. The molecule has 8 heteroatoms. The van der Waals surface area contributed by atoms with Gasteiger partial charge < -0.3 is 15.0 Å². The van der Waals surface area contributed by atoms with Crippen molar-refractivity contribution in [1.82, 2.24) is 14.7 Å². The maximum absolute atomic E-state index is 14.1. The van der Waals surface area contributed by atoms with E-state index in [4.69, 9.17) is 4.74 Å². The predicted molar refractivity (Wildman–Crippen MR) is 81.8 cm³/mol. The van der Waals surface area contributed by atoms with Crippen LogP contribution in [0.5, 0.6) is 0 Å². The highest BCUT2D eigenvalue weighted by atomic mass is 19.1. The van der Waals surface area contributed by atoms with Gasteiger partial charge in [-0.15, -0.1) is 0 Å². The van der Waals surface area contributed by atoms with Crippen molar-refractivity contribution in [1.29, 1.82) is 0 Å². The maximum atomic E-state index is 14.1. The number of likely N-dealkylation sites (N-methyl/N-ethyl adjacent to an activating group) is 1. The molecule has 0 saturated carbocycles. The lowest BCUT2D eigenvalue weighted by Crippen LogP contribution is -2.35. The zero-order chi connectivity index (χ0) is 16.8. The number of halogens is 1. The average Bonchev–Trinajstić information content (AvgIpc) is 3.01. The number of aromatic nitrogens is 2. The van der Waals surface area contributed by atoms with Gasteiger partial charge in [0.15, 0.2) is 5.82 Å². The summed E-state index contributed by atoms with van der Waals surface area (Å²) in [6.07, 6.45) is 2.56. The number of hydrogen-bond donors (Lipinski definition) is 1. The molecule has 0 aliphatic carbocycles. The second-order valence-corrected chi connectivity index (χ2v) is 4.72. The van der Waals surface area contributed by atoms with E-state index in [1.165, 1.54) is 23.9 Å². The van der Waals surface area contributed by atoms with Gasteiger partial charge in [-0.25, -0.2) is 13.9 Å². The van der Waals surface area contributed by atoms with Gasteiger partial charge in [-0.3, -0.25) is 4.79 Å². The number of hydrogen-bond acceptors (Lipinski definition) is 4. The first kappa shape index (κ1) is 16.5. The monoisotopic (exact) mass is 320 g/mol. The average molecular weight is 320 g/mol. The van der Waals surface area contributed by atoms with Crippen LogP contribution in [0, 0.1) is 5.82 Å². The summed E-state index contributed by atoms with van der Waals surface area (Å²) in [5.74, 6) is -0.975. The van der Waals surface area contributed by atoms with Crippen molar-refractivity contribution >= 4 is 17.7 Å². The third-order valence-corrected chi connectivity index (χ3v) is 2.94. The normalized spacial score (nSPS) is 10.2. The van der Waals surface area contributed by atoms with Crippen LogP contribution < -0.4 is 5.32 Å². The number of amides is 2. The molecule has 7 nitrogen and oxygen atoms in total. The van der Waals surface area contributed by atoms with E-state index in [1.54, 1.807) is 31.5 Å². The molecule has 0 radical (unpaired) electrons. The summed E-state index contributed by atoms with van der Waals surface area (Å²) in [7, 11) is 1.44. The minimum absolute atomic E-state index is 0.193. The molecule has 1 heterocycles. The van der Waals surface area contributed by atoms with Crippen LogP contribution in [0.15, 0.2) is 36.7 Å². The van der Waals surface area contributed by atoms with Crippen molar-refractivity contribution in [2.75, 3.05) is 25.5 Å². The lowest BCUT2D eigenvalue weighted by atomic mass is 10.2. The second-order valence-electron chi connectivity index (χ2n) is 4.72. The van der Waals surface area contributed by atoms with Crippen LogP contribution in [-0.2, 0) is 9.53 Å². The Labute approximate surface area is 132 Å². The number of carbonyl (C=O) groups is 2. The molecule has 1 aromatic heterocycles. The van der Waals surface area contributed by atoms with E-state index in [-0.39, 0.29) is 18.8 Å². The fourth-order valence-corrected chi connectivity index (χ4v) is 1.90. The Balaban J connectivity index is 1.99. The highest BCUT2D eigenvalue weighted by molar-refractivity contribution is 5.93. The molecule has 0 aliphatic heterocycles. The van der Waals surface area contributed by atoms with Crippen LogP contribution in [0.2, 0.25) is 0 Å². The number of nitrogens with one attached hydrogen (secondary N) is 1. The van der Waals surface area contributed by atoms with E-state index in [9.17, 15) is 14.0 Å². The summed E-state index contributed by atoms with van der Waals surface area (Å²) in [4.78, 5) is 24.4. The first-order valence-corrected chi connectivity index (χ1v) is 6.98. The van der Waals surface area contributed by atoms with Gasteiger partial charge in [0, 0.05) is 25.1 Å². The molecule has 0 saturated heterocycles. The van der Waals surface area contributed by atoms with Gasteiger partial charge in [-0.05, 0) is 31.2 Å². The Morgan fingerprint density at radius 1 is 1.43 bits per heavy atom. The Bertz CT molecular complexity index is 688. The smallest absolute Gasteiger partial charge is 0.409 e. The lowest BCUT2D eigenvalue weighted by molar-refractivity contribution is -0.116. The Hall–Kier alpha value is -2.90. The molecule has 0 fully saturated rings. The standard InChI is InChI=1S/C15H17FN4O3/c1-3-23-15(22)19(2)10-14(21)18-11-5-6-13(12(16)9-11)20-8-4-7-17-20/h4-9H,3,10H2,1-2H3,(H,18,21). The molecular formula is C15H17FN4O3. The van der Waals surface area contributed by atoms with Crippen LogP contribution in [-0.4, -0.2) is 46.9 Å². The number of benzene rings is 1. The number of anilines is 1. The van der Waals surface area contributed by atoms with Crippen molar-refractivity contribution in [3.8, 4) is 5.69 Å². The molecular weight excluding hydrogens is 303 g/mol. The predicted octanol–water partition coefficient (Wildman–Crippen LogP) is 2.04. The van der Waals surface area contributed by atoms with Gasteiger partial charge in [-0.1, -0.05) is 0 Å². The Morgan fingerprint density at radius 2 is 2.22 bits per heavy atom. The molecule has 2 aromatic rings. The highest BCUT2D eigenvalue weighted by Gasteiger charge is 2.14. The maximum Gasteiger partial charge on any atom is 0.409 e. The second kappa shape index (κ2) is 7.39. The van der Waals surface area contributed by atoms with Crippen LogP contribution in [0.4, 0.5) is 14.9 Å². The molecule has 0 unspecified atom stereocenters. The van der Waals surface area contributed by atoms with E-state index in [0.717, 1.165) is 4.90 Å². The number of rotatable bonds is 5. The minimum Gasteiger partial charge on any atom is -0.450 e. The van der Waals surface area contributed by atoms with Gasteiger partial charge in [0.05, 0.1) is 6.61 Å². The van der Waals surface area contributed by atoms with E-state index in [2.05, 4.69) is 10.4 Å². The van der Waals surface area contributed by atoms with E-state index in [1.807, 2.05) is 0 Å². The summed E-state index contributed by atoms with van der Waals surface area (Å²) in [5.41, 5.74) is 0.567. The topological polar surface area (TPSA) is 76.5 Å². The minimum atomic E-state index is -0.595. The summed E-state index contributed by atoms with van der Waals surface area (Å²) in [6, 6.07) is 5.94. The van der Waals surface area contributed by atoms with Gasteiger partial charge in [0.2, 0.25) is 5.91 Å². The zero-order valence-corrected chi connectivity index (χ0v) is 12.8. The van der Waals surface area contributed by atoms with Crippen molar-refractivity contribution in [2.24, 2.45) is 0 Å². The van der Waals surface area contributed by atoms with E-state index in [0.29, 0.717) is 5.69 Å². The van der Waals surface area contributed by atoms with Crippen molar-refractivity contribution in [3.05, 3.63) is 42.5 Å². The zero-order valence-electron chi connectivity index (χ0n) is 12.8. The Kier molecular flexibility index (Phi) is 5.29. The van der Waals surface area contributed by atoms with Crippen LogP contribution >= 0.6 is 0 Å². The quantitative estimate of drug-likeness (QED) is 0.914. The van der Waals surface area contributed by atoms with E-state index >= 15 is 0 Å². The number of ether oxygens (including phenoxy) is 1. The lowest BCUT2D eigenvalue weighted by Gasteiger charge is -2.16. The molecule has 2 rings (SSSR count). The molecule has 1 N–H and O–H groups in total. The van der Waals surface area contributed by atoms with Gasteiger partial charge in [0.25, 0.3) is 0 Å². The summed E-state index contributed by atoms with van der Waals surface area (Å²) in [5, 5.41) is 6.47. The molecule has 0 bridgehead atoms. The molecule has 122 valence electrons. The molecule has 0 spiro atoms.